The highest BCUT2D eigenvalue weighted by Crippen LogP contribution is 2.48. The Labute approximate surface area is 201 Å². The largest absolute Gasteiger partial charge is 0.275 e. The van der Waals surface area contributed by atoms with Gasteiger partial charge < -0.3 is 0 Å². The second-order valence-electron chi connectivity index (χ2n) is 8.47. The fourth-order valence-corrected chi connectivity index (χ4v) is 5.08. The average Bonchev–Trinajstić information content (AvgIpc) is 3.37. The summed E-state index contributed by atoms with van der Waals surface area (Å²) in [4.78, 5) is 39.1. The van der Waals surface area contributed by atoms with Crippen molar-refractivity contribution < 1.29 is 14.4 Å². The Morgan fingerprint density at radius 2 is 1.53 bits per heavy atom. The summed E-state index contributed by atoms with van der Waals surface area (Å²) < 4.78 is 0. The molecule has 0 N–H and O–H groups in total. The molecule has 34 heavy (non-hydrogen) atoms. The van der Waals surface area contributed by atoms with Gasteiger partial charge in [-0.1, -0.05) is 78.3 Å². The molecule has 168 valence electrons. The van der Waals surface area contributed by atoms with Crippen LogP contribution in [0.1, 0.15) is 17.2 Å². The number of nitrogens with zero attached hydrogens (tertiary/aromatic N) is 3. The smallest absolute Gasteiger partial charge is 0.262 e. The number of rotatable bonds is 4. The summed E-state index contributed by atoms with van der Waals surface area (Å²) in [5.41, 5.74) is 3.03. The van der Waals surface area contributed by atoms with E-state index in [1.165, 1.54) is 4.90 Å². The molecule has 2 aliphatic heterocycles. The first kappa shape index (κ1) is 20.8. The normalized spacial score (nSPS) is 22.0. The van der Waals surface area contributed by atoms with Crippen LogP contribution in [0.15, 0.2) is 91.0 Å². The van der Waals surface area contributed by atoms with Gasteiger partial charge in [0.15, 0.2) is 6.10 Å². The molecule has 6 rings (SSSR count). The zero-order valence-electron chi connectivity index (χ0n) is 18.0. The lowest BCUT2D eigenvalue weighted by atomic mass is 9.90. The van der Waals surface area contributed by atoms with Gasteiger partial charge in [0, 0.05) is 10.9 Å². The summed E-state index contributed by atoms with van der Waals surface area (Å²) in [5.74, 6) is -1.35. The summed E-state index contributed by atoms with van der Waals surface area (Å²) in [6.07, 6.45) is -0.927. The molecule has 3 aromatic carbocycles. The number of fused-ring (bicyclic) bond motifs is 2. The highest BCUT2D eigenvalue weighted by atomic mass is 35.5. The molecule has 0 spiro atoms. The van der Waals surface area contributed by atoms with Crippen LogP contribution in [-0.2, 0) is 21.0 Å². The standard InChI is InChI=1S/C27H20ClN3O3/c28-25-20(15-18-11-7-8-14-21(18)29-25)23-22-24(34-31(23)19-12-5-2-6-13-19)27(33)30(26(22)32)16-17-9-3-1-4-10-17/h1-15,22-24H,16H2/t22-,23-,24+/m0/s1. The highest BCUT2D eigenvalue weighted by molar-refractivity contribution is 6.30. The number of amides is 2. The number of hydrogen-bond acceptors (Lipinski definition) is 5. The van der Waals surface area contributed by atoms with Crippen LogP contribution in [0.5, 0.6) is 0 Å². The highest BCUT2D eigenvalue weighted by Gasteiger charge is 2.60. The van der Waals surface area contributed by atoms with E-state index in [9.17, 15) is 9.59 Å². The van der Waals surface area contributed by atoms with Gasteiger partial charge >= 0.3 is 0 Å². The molecule has 3 heterocycles. The lowest BCUT2D eigenvalue weighted by molar-refractivity contribution is -0.143. The van der Waals surface area contributed by atoms with Gasteiger partial charge in [0.25, 0.3) is 5.91 Å². The number of benzene rings is 3. The number of para-hydroxylation sites is 2. The number of anilines is 1. The van der Waals surface area contributed by atoms with Gasteiger partial charge in [0.1, 0.15) is 11.1 Å². The fourth-order valence-electron chi connectivity index (χ4n) is 4.82. The lowest BCUT2D eigenvalue weighted by Gasteiger charge is -2.29. The molecule has 0 aliphatic carbocycles. The maximum absolute atomic E-state index is 13.7. The van der Waals surface area contributed by atoms with E-state index in [1.54, 1.807) is 5.06 Å². The number of carbonyl (C=O) groups excluding carboxylic acids is 2. The number of imide groups is 1. The SMILES string of the molecule is O=C1[C@@H]2[C@@H](ON(c3ccccc3)[C@H]2c2cc3ccccc3nc2Cl)C(=O)N1Cc1ccccc1. The first-order chi connectivity index (χ1) is 16.6. The van der Waals surface area contributed by atoms with Crippen LogP contribution in [-0.4, -0.2) is 27.8 Å². The first-order valence-corrected chi connectivity index (χ1v) is 11.4. The van der Waals surface area contributed by atoms with Crippen LogP contribution < -0.4 is 5.06 Å². The number of hydroxylamine groups is 1. The quantitative estimate of drug-likeness (QED) is 0.313. The van der Waals surface area contributed by atoms with Crippen molar-refractivity contribution in [3.8, 4) is 0 Å². The molecule has 6 nitrogen and oxygen atoms in total. The molecule has 2 amide bonds. The van der Waals surface area contributed by atoms with Gasteiger partial charge in [-0.3, -0.25) is 19.3 Å². The van der Waals surface area contributed by atoms with Crippen LogP contribution in [0.2, 0.25) is 5.15 Å². The van der Waals surface area contributed by atoms with Gasteiger partial charge in [-0.05, 0) is 29.8 Å². The first-order valence-electron chi connectivity index (χ1n) is 11.1. The van der Waals surface area contributed by atoms with E-state index in [1.807, 2.05) is 91.0 Å². The fraction of sp³-hybridized carbons (Fsp3) is 0.148. The summed E-state index contributed by atoms with van der Waals surface area (Å²) in [5, 5.41) is 2.83. The van der Waals surface area contributed by atoms with E-state index in [0.29, 0.717) is 5.56 Å². The van der Waals surface area contributed by atoms with E-state index in [-0.39, 0.29) is 23.5 Å². The van der Waals surface area contributed by atoms with Crippen molar-refractivity contribution >= 4 is 40.0 Å². The Bertz CT molecular complexity index is 1400. The molecule has 0 unspecified atom stereocenters. The third-order valence-corrected chi connectivity index (χ3v) is 6.73. The van der Waals surface area contributed by atoms with E-state index >= 15 is 0 Å². The van der Waals surface area contributed by atoms with Crippen molar-refractivity contribution in [2.45, 2.75) is 18.7 Å². The number of halogens is 1. The molecular weight excluding hydrogens is 450 g/mol. The minimum atomic E-state index is -0.927. The molecule has 1 aromatic heterocycles. The summed E-state index contributed by atoms with van der Waals surface area (Å²) in [6, 6.07) is 27.9. The van der Waals surface area contributed by atoms with Gasteiger partial charge in [-0.25, -0.2) is 10.0 Å². The lowest BCUT2D eigenvalue weighted by Crippen LogP contribution is -2.37. The van der Waals surface area contributed by atoms with E-state index in [4.69, 9.17) is 16.4 Å². The Morgan fingerprint density at radius 3 is 2.29 bits per heavy atom. The maximum Gasteiger partial charge on any atom is 0.262 e. The zero-order valence-corrected chi connectivity index (χ0v) is 18.8. The number of likely N-dealkylation sites (tertiary alicyclic amines) is 1. The van der Waals surface area contributed by atoms with Crippen LogP contribution in [0, 0.1) is 5.92 Å². The van der Waals surface area contributed by atoms with E-state index in [0.717, 1.165) is 22.2 Å². The van der Waals surface area contributed by atoms with Crippen molar-refractivity contribution in [3.63, 3.8) is 0 Å². The summed E-state index contributed by atoms with van der Waals surface area (Å²) in [6.45, 7) is 0.205. The molecule has 2 saturated heterocycles. The van der Waals surface area contributed by atoms with Crippen molar-refractivity contribution in [2.75, 3.05) is 5.06 Å². The van der Waals surface area contributed by atoms with Crippen molar-refractivity contribution in [1.29, 1.82) is 0 Å². The van der Waals surface area contributed by atoms with Crippen LogP contribution in [0.3, 0.4) is 0 Å². The van der Waals surface area contributed by atoms with Crippen LogP contribution in [0.4, 0.5) is 5.69 Å². The zero-order chi connectivity index (χ0) is 23.2. The predicted molar refractivity (Wildman–Crippen MR) is 129 cm³/mol. The molecule has 2 aliphatic rings. The molecule has 0 saturated carbocycles. The monoisotopic (exact) mass is 469 g/mol. The van der Waals surface area contributed by atoms with E-state index in [2.05, 4.69) is 4.98 Å². The third-order valence-electron chi connectivity index (χ3n) is 6.42. The van der Waals surface area contributed by atoms with Crippen molar-refractivity contribution in [2.24, 2.45) is 5.92 Å². The van der Waals surface area contributed by atoms with Gasteiger partial charge in [-0.15, -0.1) is 0 Å². The van der Waals surface area contributed by atoms with Crippen LogP contribution in [0.25, 0.3) is 10.9 Å². The molecule has 0 radical (unpaired) electrons. The predicted octanol–water partition coefficient (Wildman–Crippen LogP) is 4.93. The Morgan fingerprint density at radius 1 is 0.853 bits per heavy atom. The number of pyridine rings is 1. The molecule has 7 heteroatoms. The summed E-state index contributed by atoms with van der Waals surface area (Å²) in [7, 11) is 0. The molecule has 3 atom stereocenters. The Balaban J connectivity index is 1.45. The number of carbonyl (C=O) groups is 2. The van der Waals surface area contributed by atoms with Crippen molar-refractivity contribution in [3.05, 3.63) is 107 Å². The topological polar surface area (TPSA) is 62.7 Å². The van der Waals surface area contributed by atoms with Gasteiger partial charge in [0.05, 0.1) is 23.8 Å². The third kappa shape index (κ3) is 3.34. The minimum absolute atomic E-state index is 0.205. The average molecular weight is 470 g/mol. The van der Waals surface area contributed by atoms with Gasteiger partial charge in [-0.2, -0.15) is 0 Å². The van der Waals surface area contributed by atoms with Crippen molar-refractivity contribution in [1.82, 2.24) is 9.88 Å². The van der Waals surface area contributed by atoms with E-state index < -0.39 is 18.1 Å². The molecular formula is C27H20ClN3O3. The Hall–Kier alpha value is -3.74. The number of aromatic nitrogens is 1. The molecule has 2 fully saturated rings. The second kappa shape index (κ2) is 8.24. The maximum atomic E-state index is 13.7. The van der Waals surface area contributed by atoms with Crippen LogP contribution >= 0.6 is 11.6 Å². The molecule has 4 aromatic rings. The second-order valence-corrected chi connectivity index (χ2v) is 8.83. The number of hydrogen-bond donors (Lipinski definition) is 0. The molecule has 0 bridgehead atoms. The summed E-state index contributed by atoms with van der Waals surface area (Å²) >= 11 is 6.67. The minimum Gasteiger partial charge on any atom is -0.275 e. The Kier molecular flexibility index (Phi) is 5.05. The van der Waals surface area contributed by atoms with Gasteiger partial charge in [0.2, 0.25) is 5.91 Å².